The number of fused-ring (bicyclic) bond motifs is 9. The molecule has 0 aliphatic heterocycles. The zero-order valence-corrected chi connectivity index (χ0v) is 37.7. The van der Waals surface area contributed by atoms with E-state index in [1.165, 1.54) is 27.1 Å². The second-order valence-electron chi connectivity index (χ2n) is 17.9. The molecule has 5 heterocycles. The van der Waals surface area contributed by atoms with Crippen LogP contribution in [0.1, 0.15) is 11.1 Å². The largest absolute Gasteiger partial charge is 0.325 e. The quantitative estimate of drug-likeness (QED) is 0.127. The molecule has 0 amide bonds. The van der Waals surface area contributed by atoms with Crippen molar-refractivity contribution in [3.05, 3.63) is 242 Å². The Kier molecular flexibility index (Phi) is 9.72. The number of nitrogens with one attached hydrogen (secondary N) is 2. The highest BCUT2D eigenvalue weighted by atomic mass is 15.4. The maximum Gasteiger partial charge on any atom is 0.0963 e. The number of aromatic nitrogens is 5. The van der Waals surface area contributed by atoms with Crippen molar-refractivity contribution in [2.45, 2.75) is 6.42 Å². The summed E-state index contributed by atoms with van der Waals surface area (Å²) in [7, 11) is 0. The number of hydrogen-bond donors (Lipinski definition) is 2. The van der Waals surface area contributed by atoms with E-state index in [-0.39, 0.29) is 5.92 Å². The maximum absolute atomic E-state index is 9.33. The number of pyridine rings is 2. The van der Waals surface area contributed by atoms with E-state index in [1.54, 1.807) is 0 Å². The van der Waals surface area contributed by atoms with Crippen molar-refractivity contribution in [1.82, 2.24) is 23.8 Å². The van der Waals surface area contributed by atoms with Gasteiger partial charge in [-0.2, -0.15) is 0 Å². The van der Waals surface area contributed by atoms with Crippen molar-refractivity contribution in [3.63, 3.8) is 0 Å². The van der Waals surface area contributed by atoms with Crippen LogP contribution >= 0.6 is 0 Å². The van der Waals surface area contributed by atoms with Crippen molar-refractivity contribution in [3.8, 4) is 33.6 Å². The molecule has 0 saturated carbocycles. The molecule has 0 spiro atoms. The van der Waals surface area contributed by atoms with Crippen molar-refractivity contribution < 1.29 is 0 Å². The minimum Gasteiger partial charge on any atom is -0.325 e. The minimum absolute atomic E-state index is 0.0428. The van der Waals surface area contributed by atoms with Crippen molar-refractivity contribution in [2.75, 3.05) is 12.0 Å². The smallest absolute Gasteiger partial charge is 0.0963 e. The van der Waals surface area contributed by atoms with Gasteiger partial charge in [-0.25, -0.2) is 0 Å². The fourth-order valence-electron chi connectivity index (χ4n) is 10.6. The van der Waals surface area contributed by atoms with E-state index >= 15 is 0 Å². The summed E-state index contributed by atoms with van der Waals surface area (Å²) < 4.78 is 6.86. The van der Waals surface area contributed by atoms with E-state index in [0.29, 0.717) is 12.3 Å². The van der Waals surface area contributed by atoms with Crippen molar-refractivity contribution in [2.24, 2.45) is 5.92 Å². The number of para-hydroxylation sites is 3. The first kappa shape index (κ1) is 40.2. The lowest BCUT2D eigenvalue weighted by Crippen LogP contribution is -2.29. The van der Waals surface area contributed by atoms with Gasteiger partial charge in [0.05, 0.1) is 50.5 Å². The number of hydrogen-bond acceptors (Lipinski definition) is 4. The Hall–Kier alpha value is -9.07. The van der Waals surface area contributed by atoms with Crippen LogP contribution in [0, 0.1) is 11.3 Å². The second kappa shape index (κ2) is 16.7. The fourth-order valence-corrected chi connectivity index (χ4v) is 10.6. The zero-order valence-electron chi connectivity index (χ0n) is 37.7. The third kappa shape index (κ3) is 6.94. The lowest BCUT2D eigenvalue weighted by molar-refractivity contribution is 0.680. The summed E-state index contributed by atoms with van der Waals surface area (Å²) in [5.74, 6) is -0.0428. The second-order valence-corrected chi connectivity index (χ2v) is 17.9. The summed E-state index contributed by atoms with van der Waals surface area (Å²) in [6.45, 7) is 0.601. The van der Waals surface area contributed by atoms with Gasteiger partial charge in [-0.3, -0.25) is 14.6 Å². The summed E-state index contributed by atoms with van der Waals surface area (Å²) >= 11 is 0. The summed E-state index contributed by atoms with van der Waals surface area (Å²) in [5.41, 5.74) is 20.8. The van der Waals surface area contributed by atoms with Crippen LogP contribution < -0.4 is 5.43 Å². The highest BCUT2D eigenvalue weighted by molar-refractivity contribution is 6.13. The molecule has 8 aromatic carbocycles. The fraction of sp³-hybridized carbons (Fsp3) is 0.0484. The third-order valence-corrected chi connectivity index (χ3v) is 13.8. The molecule has 1 atom stereocenters. The summed E-state index contributed by atoms with van der Waals surface area (Å²) in [6.07, 6.45) is 6.57. The molecule has 5 aromatic heterocycles. The van der Waals surface area contributed by atoms with Gasteiger partial charge in [-0.05, 0) is 113 Å². The van der Waals surface area contributed by atoms with Crippen LogP contribution in [0.2, 0.25) is 0 Å². The molecule has 69 heavy (non-hydrogen) atoms. The molecule has 0 aliphatic carbocycles. The van der Waals surface area contributed by atoms with Gasteiger partial charge in [0, 0.05) is 68.7 Å². The summed E-state index contributed by atoms with van der Waals surface area (Å²) in [5, 5.41) is 15.2. The molecule has 2 N–H and O–H groups in total. The van der Waals surface area contributed by atoms with Crippen LogP contribution in [0.4, 0.5) is 0 Å². The van der Waals surface area contributed by atoms with Gasteiger partial charge in [-0.1, -0.05) is 133 Å². The predicted octanol–water partition coefficient (Wildman–Crippen LogP) is 14.6. The van der Waals surface area contributed by atoms with Gasteiger partial charge >= 0.3 is 0 Å². The third-order valence-electron chi connectivity index (χ3n) is 13.8. The summed E-state index contributed by atoms with van der Waals surface area (Å²) in [6, 6.07) is 75.2. The van der Waals surface area contributed by atoms with Crippen LogP contribution in [0.3, 0.4) is 0 Å². The van der Waals surface area contributed by atoms with E-state index in [1.807, 2.05) is 61.1 Å². The molecule has 0 fully saturated rings. The molecular weight excluding hydrogens is 843 g/mol. The minimum atomic E-state index is -0.0428. The van der Waals surface area contributed by atoms with Crippen molar-refractivity contribution in [1.29, 1.82) is 5.41 Å². The Morgan fingerprint density at radius 3 is 1.74 bits per heavy atom. The molecule has 13 rings (SSSR count). The van der Waals surface area contributed by atoms with E-state index in [9.17, 15) is 5.41 Å². The average molecular weight is 888 g/mol. The highest BCUT2D eigenvalue weighted by Crippen LogP contribution is 2.39. The first-order valence-corrected chi connectivity index (χ1v) is 23.5. The summed E-state index contributed by atoms with van der Waals surface area (Å²) in [4.78, 5) is 9.71. The number of nitrogens with zero attached hydrogens (tertiary/aromatic N) is 5. The van der Waals surface area contributed by atoms with E-state index in [2.05, 4.69) is 189 Å². The normalized spacial score (nSPS) is 12.2. The number of benzene rings is 8. The van der Waals surface area contributed by atoms with Crippen LogP contribution in [0.15, 0.2) is 231 Å². The molecule has 1 unspecified atom stereocenters. The van der Waals surface area contributed by atoms with Crippen LogP contribution in [-0.4, -0.2) is 36.0 Å². The molecule has 7 heteroatoms. The Balaban J connectivity index is 0.860. The zero-order chi connectivity index (χ0) is 45.8. The SMILES string of the molecule is N=C(c1ccccc1)C(CNn1c2ccccc2c2cc(-c3ccc4c(c3)c3ccccc3n4-c3cncc(-c4ccc5c(c4)c4ncccc4n5-c4ccccc4)c3)ccc21)Cc1ccccc1. The molecule has 0 saturated heterocycles. The molecule has 0 aliphatic rings. The molecule has 13 aromatic rings. The Bertz CT molecular complexity index is 4070. The Morgan fingerprint density at radius 1 is 0.449 bits per heavy atom. The Morgan fingerprint density at radius 2 is 0.986 bits per heavy atom. The van der Waals surface area contributed by atoms with Gasteiger partial charge in [0.25, 0.3) is 0 Å². The monoisotopic (exact) mass is 887 g/mol. The van der Waals surface area contributed by atoms with Crippen LogP contribution in [0.25, 0.3) is 99.2 Å². The Labute approximate surface area is 398 Å². The topological polar surface area (TPSA) is 76.5 Å². The highest BCUT2D eigenvalue weighted by Gasteiger charge is 2.21. The standard InChI is InChI=1S/C62H45N7/c63-61(42-17-6-2-7-18-42)47(33-41-15-4-1-5-16-41)39-66-69-58-24-13-11-22-51(58)53-36-44(28-31-59(53)69)43-26-29-56-52(35-43)50-21-10-12-23-55(50)68(56)49-34-46(38-64-40-49)45-27-30-57-54(37-45)62-60(25-14-32-65-62)67(57)48-19-8-3-9-20-48/h1-32,34-38,40,47,63,66H,33,39H2. The molecule has 0 radical (unpaired) electrons. The van der Waals surface area contributed by atoms with Crippen molar-refractivity contribution >= 4 is 71.3 Å². The van der Waals surface area contributed by atoms with Crippen LogP contribution in [-0.2, 0) is 6.42 Å². The van der Waals surface area contributed by atoms with Gasteiger partial charge < -0.3 is 20.0 Å². The molecular formula is C62H45N7. The van der Waals surface area contributed by atoms with Crippen LogP contribution in [0.5, 0.6) is 0 Å². The average Bonchev–Trinajstić information content (AvgIpc) is 4.05. The first-order chi connectivity index (χ1) is 34.1. The van der Waals surface area contributed by atoms with E-state index < -0.39 is 0 Å². The maximum atomic E-state index is 9.33. The number of rotatable bonds is 11. The van der Waals surface area contributed by atoms with E-state index in [4.69, 9.17) is 9.97 Å². The van der Waals surface area contributed by atoms with Gasteiger partial charge in [0.1, 0.15) is 0 Å². The first-order valence-electron chi connectivity index (χ1n) is 23.5. The van der Waals surface area contributed by atoms with Gasteiger partial charge in [0.2, 0.25) is 0 Å². The molecule has 7 nitrogen and oxygen atoms in total. The predicted molar refractivity (Wildman–Crippen MR) is 286 cm³/mol. The lowest BCUT2D eigenvalue weighted by Gasteiger charge is -2.21. The van der Waals surface area contributed by atoms with E-state index in [0.717, 1.165) is 89.6 Å². The molecule has 0 bridgehead atoms. The lowest BCUT2D eigenvalue weighted by atomic mass is 9.90. The van der Waals surface area contributed by atoms with Gasteiger partial charge in [0.15, 0.2) is 0 Å². The molecule has 328 valence electrons. The van der Waals surface area contributed by atoms with Gasteiger partial charge in [-0.15, -0.1) is 0 Å².